The Balaban J connectivity index is 0.000000811. The van der Waals surface area contributed by atoms with E-state index in [2.05, 4.69) is 20.7 Å². The van der Waals surface area contributed by atoms with Crippen molar-refractivity contribution < 1.29 is 26.7 Å². The molecular formula is C11H10ClF2IrN2. The van der Waals surface area contributed by atoms with Crippen LogP contribution in [0.3, 0.4) is 0 Å². The molecular weight excluding hydrogens is 426 g/mol. The summed E-state index contributed by atoms with van der Waals surface area (Å²) in [6.07, 6.45) is 1.73. The monoisotopic (exact) mass is 436 g/mol. The Hall–Kier alpha value is -0.771. The van der Waals surface area contributed by atoms with Crippen LogP contribution in [0.15, 0.2) is 24.4 Å². The van der Waals surface area contributed by atoms with Gasteiger partial charge in [0.2, 0.25) is 0 Å². The van der Waals surface area contributed by atoms with Crippen molar-refractivity contribution in [1.29, 1.82) is 0 Å². The Kier molecular flexibility index (Phi) is 7.19. The van der Waals surface area contributed by atoms with Gasteiger partial charge in [0.1, 0.15) is 0 Å². The maximum atomic E-state index is 12.8. The summed E-state index contributed by atoms with van der Waals surface area (Å²) < 4.78 is 27.0. The molecule has 6 heteroatoms. The number of aromatic nitrogens is 2. The van der Waals surface area contributed by atoms with Crippen molar-refractivity contribution in [2.45, 2.75) is 0 Å². The molecule has 0 radical (unpaired) electrons. The SMILES string of the molecule is Cn1ccc(-c2[c-]cc(F)c(F)c2)n1.[CH3-].[Cl][Ir+2]. The van der Waals surface area contributed by atoms with E-state index in [0.29, 0.717) is 11.3 Å². The van der Waals surface area contributed by atoms with Crippen molar-refractivity contribution in [3.8, 4) is 11.3 Å². The van der Waals surface area contributed by atoms with Crippen molar-refractivity contribution in [2.75, 3.05) is 0 Å². The normalized spacial score (nSPS) is 9.00. The number of nitrogens with zero attached hydrogens (tertiary/aromatic N) is 2. The van der Waals surface area contributed by atoms with Crippen LogP contribution in [0.4, 0.5) is 8.78 Å². The van der Waals surface area contributed by atoms with Crippen LogP contribution >= 0.6 is 9.58 Å². The van der Waals surface area contributed by atoms with Gasteiger partial charge >= 0.3 is 27.5 Å². The Labute approximate surface area is 114 Å². The molecule has 0 amide bonds. The summed E-state index contributed by atoms with van der Waals surface area (Å²) >= 11 is 1.47. The zero-order chi connectivity index (χ0) is 12.1. The molecule has 1 aromatic carbocycles. The van der Waals surface area contributed by atoms with Crippen LogP contribution < -0.4 is 0 Å². The second kappa shape index (κ2) is 7.54. The molecule has 0 aliphatic heterocycles. The molecule has 0 saturated heterocycles. The molecule has 0 saturated carbocycles. The average Bonchev–Trinajstić information content (AvgIpc) is 2.72. The molecule has 1 aromatic heterocycles. The van der Waals surface area contributed by atoms with Gasteiger partial charge in [-0.1, -0.05) is 6.07 Å². The van der Waals surface area contributed by atoms with Crippen LogP contribution in [0.1, 0.15) is 0 Å². The van der Waals surface area contributed by atoms with Crippen LogP contribution in [0.25, 0.3) is 11.3 Å². The van der Waals surface area contributed by atoms with Crippen molar-refractivity contribution >= 4 is 9.58 Å². The first kappa shape index (κ1) is 16.2. The van der Waals surface area contributed by atoms with Crippen LogP contribution in [-0.2, 0) is 24.9 Å². The summed E-state index contributed by atoms with van der Waals surface area (Å²) in [5, 5.41) is 4.05. The Morgan fingerprint density at radius 2 is 2.00 bits per heavy atom. The van der Waals surface area contributed by atoms with Crippen LogP contribution in [-0.4, -0.2) is 9.78 Å². The first-order valence-corrected chi connectivity index (χ1v) is 7.13. The van der Waals surface area contributed by atoms with Gasteiger partial charge in [0.15, 0.2) is 0 Å². The van der Waals surface area contributed by atoms with E-state index in [4.69, 9.17) is 0 Å². The first-order valence-electron chi connectivity index (χ1n) is 4.16. The molecule has 2 nitrogen and oxygen atoms in total. The van der Waals surface area contributed by atoms with Gasteiger partial charge in [0.05, 0.1) is 11.6 Å². The van der Waals surface area contributed by atoms with Crippen molar-refractivity contribution in [3.63, 3.8) is 0 Å². The molecule has 1 heterocycles. The van der Waals surface area contributed by atoms with E-state index in [1.54, 1.807) is 24.0 Å². The molecule has 2 rings (SSSR count). The fraction of sp³-hybridized carbons (Fsp3) is 0.0909. The number of halogens is 3. The van der Waals surface area contributed by atoms with Crippen LogP contribution in [0.5, 0.6) is 0 Å². The fourth-order valence-corrected chi connectivity index (χ4v) is 1.15. The molecule has 0 N–H and O–H groups in total. The fourth-order valence-electron chi connectivity index (χ4n) is 1.15. The first-order chi connectivity index (χ1) is 7.66. The van der Waals surface area contributed by atoms with E-state index in [1.165, 1.54) is 17.9 Å². The van der Waals surface area contributed by atoms with E-state index in [9.17, 15) is 8.78 Å². The molecule has 0 aliphatic rings. The minimum atomic E-state index is -0.898. The third-order valence-electron chi connectivity index (χ3n) is 1.84. The molecule has 17 heavy (non-hydrogen) atoms. The average molecular weight is 436 g/mol. The predicted molar refractivity (Wildman–Crippen MR) is 59.7 cm³/mol. The third kappa shape index (κ3) is 4.19. The molecule has 0 unspecified atom stereocenters. The molecule has 2 aromatic rings. The maximum absolute atomic E-state index is 12.8. The summed E-state index contributed by atoms with van der Waals surface area (Å²) in [5.41, 5.74) is 1.02. The predicted octanol–water partition coefficient (Wildman–Crippen LogP) is 3.30. The van der Waals surface area contributed by atoms with Gasteiger partial charge in [-0.15, -0.1) is 23.8 Å². The summed E-state index contributed by atoms with van der Waals surface area (Å²) in [6.45, 7) is 0. The van der Waals surface area contributed by atoms with Crippen LogP contribution in [0.2, 0.25) is 0 Å². The molecule has 0 bridgehead atoms. The zero-order valence-corrected chi connectivity index (χ0v) is 12.3. The topological polar surface area (TPSA) is 17.8 Å². The van der Waals surface area contributed by atoms with Gasteiger partial charge in [0, 0.05) is 18.9 Å². The summed E-state index contributed by atoms with van der Waals surface area (Å²) in [6, 6.07) is 6.38. The van der Waals surface area contributed by atoms with Gasteiger partial charge in [-0.2, -0.15) is 0 Å². The van der Waals surface area contributed by atoms with Crippen molar-refractivity contribution in [3.05, 3.63) is 49.5 Å². The number of aryl methyl sites for hydroxylation is 1. The van der Waals surface area contributed by atoms with Gasteiger partial charge in [0.25, 0.3) is 0 Å². The Morgan fingerprint density at radius 1 is 1.35 bits per heavy atom. The number of hydrogen-bond acceptors (Lipinski definition) is 1. The van der Waals surface area contributed by atoms with Gasteiger partial charge in [-0.05, 0) is 0 Å². The van der Waals surface area contributed by atoms with Gasteiger partial charge < -0.3 is 7.43 Å². The van der Waals surface area contributed by atoms with E-state index in [-0.39, 0.29) is 7.43 Å². The number of hydrogen-bond donors (Lipinski definition) is 0. The van der Waals surface area contributed by atoms with Crippen molar-refractivity contribution in [1.82, 2.24) is 9.78 Å². The van der Waals surface area contributed by atoms with Gasteiger partial charge in [-0.25, -0.2) is 9.49 Å². The van der Waals surface area contributed by atoms with Crippen LogP contribution in [0, 0.1) is 25.1 Å². The minimum absolute atomic E-state index is 0. The molecule has 0 fully saturated rings. The molecule has 94 valence electrons. The zero-order valence-electron chi connectivity index (χ0n) is 9.17. The van der Waals surface area contributed by atoms with E-state index in [0.717, 1.165) is 12.1 Å². The van der Waals surface area contributed by atoms with E-state index >= 15 is 0 Å². The van der Waals surface area contributed by atoms with E-state index in [1.807, 2.05) is 0 Å². The number of rotatable bonds is 1. The van der Waals surface area contributed by atoms with E-state index < -0.39 is 11.6 Å². The summed E-state index contributed by atoms with van der Waals surface area (Å²) in [7, 11) is 6.39. The Morgan fingerprint density at radius 3 is 2.47 bits per heavy atom. The van der Waals surface area contributed by atoms with Crippen molar-refractivity contribution in [2.24, 2.45) is 7.05 Å². The molecule has 0 aliphatic carbocycles. The second-order valence-electron chi connectivity index (χ2n) is 2.92. The molecule has 0 spiro atoms. The number of benzene rings is 1. The van der Waals surface area contributed by atoms with Gasteiger partial charge in [-0.3, -0.25) is 9.07 Å². The quantitative estimate of drug-likeness (QED) is 0.628. The second-order valence-corrected chi connectivity index (χ2v) is 2.92. The summed E-state index contributed by atoms with van der Waals surface area (Å²) in [4.78, 5) is 0. The Bertz CT molecular complexity index is 474. The third-order valence-corrected chi connectivity index (χ3v) is 1.84. The standard InChI is InChI=1S/C10H7F2N2.CH3.ClH.Ir/c1-14-5-4-10(13-14)7-2-3-8(11)9(12)6-7;;;/h3-6H,1H3;1H3;1H;/q2*-1;;+3/p-1. The molecule has 0 atom stereocenters. The summed E-state index contributed by atoms with van der Waals surface area (Å²) in [5.74, 6) is -1.78.